The highest BCUT2D eigenvalue weighted by atomic mass is 15.1. The molecule has 0 unspecified atom stereocenters. The highest BCUT2D eigenvalue weighted by Crippen LogP contribution is 2.15. The second kappa shape index (κ2) is 6.38. The Hall–Kier alpha value is -1.81. The molecule has 102 valence electrons. The molecule has 2 rings (SSSR count). The zero-order chi connectivity index (χ0) is 13.7. The quantitative estimate of drug-likeness (QED) is 0.861. The van der Waals surface area contributed by atoms with Crippen LogP contribution in [0.3, 0.4) is 0 Å². The van der Waals surface area contributed by atoms with Gasteiger partial charge in [0.25, 0.3) is 0 Å². The first-order chi connectivity index (χ1) is 9.24. The van der Waals surface area contributed by atoms with Crippen molar-refractivity contribution in [2.75, 3.05) is 18.0 Å². The van der Waals surface area contributed by atoms with Crippen molar-refractivity contribution in [3.05, 3.63) is 48.0 Å². The number of rotatable bonds is 6. The summed E-state index contributed by atoms with van der Waals surface area (Å²) in [4.78, 5) is 6.72. The SMILES string of the molecule is CCN(CCc1nccn1C)c1ccc(CN)cc1. The third-order valence-electron chi connectivity index (χ3n) is 3.45. The molecule has 0 fully saturated rings. The molecule has 0 saturated carbocycles. The summed E-state index contributed by atoms with van der Waals surface area (Å²) in [7, 11) is 2.04. The third-order valence-corrected chi connectivity index (χ3v) is 3.45. The lowest BCUT2D eigenvalue weighted by Crippen LogP contribution is -2.26. The molecule has 4 heteroatoms. The predicted molar refractivity (Wildman–Crippen MR) is 79.1 cm³/mol. The van der Waals surface area contributed by atoms with Gasteiger partial charge < -0.3 is 15.2 Å². The number of aryl methyl sites for hydroxylation is 1. The molecular weight excluding hydrogens is 236 g/mol. The summed E-state index contributed by atoms with van der Waals surface area (Å²) in [5.41, 5.74) is 8.04. The number of hydrogen-bond acceptors (Lipinski definition) is 3. The van der Waals surface area contributed by atoms with E-state index in [0.717, 1.165) is 25.3 Å². The summed E-state index contributed by atoms with van der Waals surface area (Å²) >= 11 is 0. The molecule has 0 bridgehead atoms. The van der Waals surface area contributed by atoms with E-state index in [-0.39, 0.29) is 0 Å². The Morgan fingerprint density at radius 2 is 2.00 bits per heavy atom. The Balaban J connectivity index is 2.01. The molecule has 2 aromatic rings. The highest BCUT2D eigenvalue weighted by molar-refractivity contribution is 5.47. The maximum Gasteiger partial charge on any atom is 0.110 e. The fourth-order valence-electron chi connectivity index (χ4n) is 2.18. The topological polar surface area (TPSA) is 47.1 Å². The summed E-state index contributed by atoms with van der Waals surface area (Å²) in [5.74, 6) is 1.12. The van der Waals surface area contributed by atoms with Gasteiger partial charge in [0.15, 0.2) is 0 Å². The molecule has 0 amide bonds. The van der Waals surface area contributed by atoms with Gasteiger partial charge in [0, 0.05) is 51.2 Å². The summed E-state index contributed by atoms with van der Waals surface area (Å²) < 4.78 is 2.07. The normalized spacial score (nSPS) is 10.7. The van der Waals surface area contributed by atoms with Crippen LogP contribution in [0.2, 0.25) is 0 Å². The number of anilines is 1. The van der Waals surface area contributed by atoms with Gasteiger partial charge in [-0.15, -0.1) is 0 Å². The third kappa shape index (κ3) is 3.35. The summed E-state index contributed by atoms with van der Waals surface area (Å²) in [5, 5.41) is 0. The van der Waals surface area contributed by atoms with Crippen LogP contribution in [0.25, 0.3) is 0 Å². The van der Waals surface area contributed by atoms with Crippen molar-refractivity contribution in [1.29, 1.82) is 0 Å². The molecule has 0 aliphatic heterocycles. The number of imidazole rings is 1. The molecular formula is C15H22N4. The number of hydrogen-bond donors (Lipinski definition) is 1. The average Bonchev–Trinajstić information content (AvgIpc) is 2.86. The van der Waals surface area contributed by atoms with Crippen molar-refractivity contribution >= 4 is 5.69 Å². The number of nitrogens with zero attached hydrogens (tertiary/aromatic N) is 3. The Labute approximate surface area is 114 Å². The molecule has 0 aliphatic carbocycles. The second-order valence-corrected chi connectivity index (χ2v) is 4.65. The number of nitrogens with two attached hydrogens (primary N) is 1. The van der Waals surface area contributed by atoms with Crippen LogP contribution in [-0.2, 0) is 20.0 Å². The van der Waals surface area contributed by atoms with E-state index in [4.69, 9.17) is 5.73 Å². The van der Waals surface area contributed by atoms with Gasteiger partial charge in [-0.3, -0.25) is 0 Å². The molecule has 1 heterocycles. The van der Waals surface area contributed by atoms with Crippen molar-refractivity contribution in [2.24, 2.45) is 12.8 Å². The van der Waals surface area contributed by atoms with Gasteiger partial charge in [0.1, 0.15) is 5.82 Å². The lowest BCUT2D eigenvalue weighted by molar-refractivity contribution is 0.734. The van der Waals surface area contributed by atoms with Crippen LogP contribution in [0, 0.1) is 0 Å². The Bertz CT molecular complexity index is 501. The first kappa shape index (κ1) is 13.6. The molecule has 0 spiro atoms. The van der Waals surface area contributed by atoms with Gasteiger partial charge in [-0.2, -0.15) is 0 Å². The van der Waals surface area contributed by atoms with Crippen molar-refractivity contribution in [3.8, 4) is 0 Å². The van der Waals surface area contributed by atoms with Crippen LogP contribution in [0.4, 0.5) is 5.69 Å². The van der Waals surface area contributed by atoms with Crippen LogP contribution >= 0.6 is 0 Å². The van der Waals surface area contributed by atoms with Crippen LogP contribution in [0.1, 0.15) is 18.3 Å². The van der Waals surface area contributed by atoms with E-state index in [9.17, 15) is 0 Å². The maximum atomic E-state index is 5.62. The Morgan fingerprint density at radius 1 is 1.26 bits per heavy atom. The van der Waals surface area contributed by atoms with Crippen LogP contribution in [0.15, 0.2) is 36.7 Å². The van der Waals surface area contributed by atoms with Gasteiger partial charge in [0.05, 0.1) is 0 Å². The first-order valence-corrected chi connectivity index (χ1v) is 6.74. The minimum Gasteiger partial charge on any atom is -0.371 e. The van der Waals surface area contributed by atoms with Gasteiger partial charge in [-0.05, 0) is 24.6 Å². The van der Waals surface area contributed by atoms with E-state index in [1.165, 1.54) is 11.3 Å². The van der Waals surface area contributed by atoms with Crippen LogP contribution in [-0.4, -0.2) is 22.6 Å². The highest BCUT2D eigenvalue weighted by Gasteiger charge is 2.06. The first-order valence-electron chi connectivity index (χ1n) is 6.74. The van der Waals surface area contributed by atoms with Crippen LogP contribution in [0.5, 0.6) is 0 Å². The minimum atomic E-state index is 0.597. The molecule has 0 atom stereocenters. The van der Waals surface area contributed by atoms with Crippen molar-refractivity contribution in [1.82, 2.24) is 9.55 Å². The molecule has 4 nitrogen and oxygen atoms in total. The van der Waals surface area contributed by atoms with Crippen molar-refractivity contribution < 1.29 is 0 Å². The van der Waals surface area contributed by atoms with Crippen LogP contribution < -0.4 is 10.6 Å². The van der Waals surface area contributed by atoms with E-state index >= 15 is 0 Å². The lowest BCUT2D eigenvalue weighted by Gasteiger charge is -2.23. The van der Waals surface area contributed by atoms with E-state index in [1.807, 2.05) is 19.4 Å². The number of benzene rings is 1. The fourth-order valence-corrected chi connectivity index (χ4v) is 2.18. The zero-order valence-corrected chi connectivity index (χ0v) is 11.7. The van der Waals surface area contributed by atoms with Crippen molar-refractivity contribution in [2.45, 2.75) is 19.9 Å². The fraction of sp³-hybridized carbons (Fsp3) is 0.400. The standard InChI is InChI=1S/C15H22N4/c1-3-19(10-8-15-17-9-11-18(15)2)14-6-4-13(12-16)5-7-14/h4-7,9,11H,3,8,10,12,16H2,1-2H3. The average molecular weight is 258 g/mol. The second-order valence-electron chi connectivity index (χ2n) is 4.65. The van der Waals surface area contributed by atoms with Gasteiger partial charge in [-0.25, -0.2) is 4.98 Å². The maximum absolute atomic E-state index is 5.62. The zero-order valence-electron chi connectivity index (χ0n) is 11.7. The minimum absolute atomic E-state index is 0.597. The monoisotopic (exact) mass is 258 g/mol. The Kier molecular flexibility index (Phi) is 4.58. The van der Waals surface area contributed by atoms with E-state index < -0.39 is 0 Å². The van der Waals surface area contributed by atoms with Gasteiger partial charge in [-0.1, -0.05) is 12.1 Å². The lowest BCUT2D eigenvalue weighted by atomic mass is 10.2. The summed E-state index contributed by atoms with van der Waals surface area (Å²) in [6.07, 6.45) is 4.79. The molecule has 2 N–H and O–H groups in total. The molecule has 1 aromatic carbocycles. The smallest absolute Gasteiger partial charge is 0.110 e. The molecule has 0 saturated heterocycles. The van der Waals surface area contributed by atoms with E-state index in [2.05, 4.69) is 45.6 Å². The van der Waals surface area contributed by atoms with Crippen molar-refractivity contribution in [3.63, 3.8) is 0 Å². The molecule has 0 radical (unpaired) electrons. The molecule has 1 aromatic heterocycles. The largest absolute Gasteiger partial charge is 0.371 e. The summed E-state index contributed by atoms with van der Waals surface area (Å²) in [6, 6.07) is 8.48. The number of aromatic nitrogens is 2. The Morgan fingerprint density at radius 3 is 2.53 bits per heavy atom. The van der Waals surface area contributed by atoms with Gasteiger partial charge >= 0.3 is 0 Å². The van der Waals surface area contributed by atoms with E-state index in [1.54, 1.807) is 0 Å². The molecule has 19 heavy (non-hydrogen) atoms. The van der Waals surface area contributed by atoms with Gasteiger partial charge in [0.2, 0.25) is 0 Å². The number of likely N-dealkylation sites (N-methyl/N-ethyl adjacent to an activating group) is 1. The summed E-state index contributed by atoms with van der Waals surface area (Å²) in [6.45, 7) is 4.74. The molecule has 0 aliphatic rings. The predicted octanol–water partition coefficient (Wildman–Crippen LogP) is 1.95. The van der Waals surface area contributed by atoms with E-state index in [0.29, 0.717) is 6.54 Å².